The molecule has 2 aromatic rings. The number of furan rings is 1. The molecule has 1 aliphatic rings. The van der Waals surface area contributed by atoms with Gasteiger partial charge in [0, 0.05) is 25.3 Å². The average Bonchev–Trinajstić information content (AvgIpc) is 3.01. The van der Waals surface area contributed by atoms with E-state index < -0.39 is 0 Å². The third kappa shape index (κ3) is 4.19. The number of aromatic nitrogens is 2. The van der Waals surface area contributed by atoms with Gasteiger partial charge in [-0.05, 0) is 50.8 Å². The molecule has 0 bridgehead atoms. The molecular weight excluding hydrogens is 266 g/mol. The van der Waals surface area contributed by atoms with Crippen molar-refractivity contribution in [3.8, 4) is 11.5 Å². The summed E-state index contributed by atoms with van der Waals surface area (Å²) in [5.41, 5.74) is 2.09. The Labute approximate surface area is 125 Å². The fourth-order valence-electron chi connectivity index (χ4n) is 2.28. The van der Waals surface area contributed by atoms with E-state index in [9.17, 15) is 0 Å². The molecular formula is C16H23N3O2. The molecule has 1 aliphatic carbocycles. The molecule has 1 fully saturated rings. The summed E-state index contributed by atoms with van der Waals surface area (Å²) >= 11 is 0. The van der Waals surface area contributed by atoms with Crippen LogP contribution in [0, 0.1) is 12.8 Å². The number of aromatic amines is 1. The zero-order valence-electron chi connectivity index (χ0n) is 12.5. The highest BCUT2D eigenvalue weighted by Gasteiger charge is 2.20. The van der Waals surface area contributed by atoms with Crippen molar-refractivity contribution in [3.63, 3.8) is 0 Å². The highest BCUT2D eigenvalue weighted by atomic mass is 16.5. The summed E-state index contributed by atoms with van der Waals surface area (Å²) in [5, 5.41) is 10.5. The monoisotopic (exact) mass is 289 g/mol. The smallest absolute Gasteiger partial charge is 0.152 e. The van der Waals surface area contributed by atoms with Crippen LogP contribution in [0.25, 0.3) is 11.5 Å². The second-order valence-corrected chi connectivity index (χ2v) is 5.73. The van der Waals surface area contributed by atoms with E-state index in [1.807, 2.05) is 25.3 Å². The van der Waals surface area contributed by atoms with E-state index in [4.69, 9.17) is 9.15 Å². The number of hydrogen-bond acceptors (Lipinski definition) is 4. The summed E-state index contributed by atoms with van der Waals surface area (Å²) in [6.45, 7) is 5.48. The molecule has 0 saturated heterocycles. The van der Waals surface area contributed by atoms with Gasteiger partial charge in [0.2, 0.25) is 0 Å². The topological polar surface area (TPSA) is 63.1 Å². The van der Waals surface area contributed by atoms with Crippen LogP contribution in [0.5, 0.6) is 0 Å². The van der Waals surface area contributed by atoms with Crippen molar-refractivity contribution >= 4 is 0 Å². The Balaban J connectivity index is 1.38. The average molecular weight is 289 g/mol. The number of aryl methyl sites for hydroxylation is 1. The molecule has 1 saturated carbocycles. The quantitative estimate of drug-likeness (QED) is 0.697. The standard InChI is InChI=1S/C16H23N3O2/c1-12-3-6-15(21-12)16-14(10-18-19-16)9-17-7-2-8-20-11-13-4-5-13/h3,6,10,13,17H,2,4-5,7-9,11H2,1H3,(H,18,19). The number of H-pyrrole nitrogens is 1. The second kappa shape index (κ2) is 6.91. The van der Waals surface area contributed by atoms with Crippen LogP contribution in [0.3, 0.4) is 0 Å². The summed E-state index contributed by atoms with van der Waals surface area (Å²) in [5.74, 6) is 2.60. The van der Waals surface area contributed by atoms with Gasteiger partial charge >= 0.3 is 0 Å². The van der Waals surface area contributed by atoms with Crippen molar-refractivity contribution in [1.29, 1.82) is 0 Å². The first-order chi connectivity index (χ1) is 10.3. The van der Waals surface area contributed by atoms with Crippen LogP contribution in [0.4, 0.5) is 0 Å². The minimum Gasteiger partial charge on any atom is -0.460 e. The first-order valence-electron chi connectivity index (χ1n) is 7.70. The Morgan fingerprint density at radius 3 is 3.10 bits per heavy atom. The first kappa shape index (κ1) is 14.4. The molecule has 2 aromatic heterocycles. The minimum atomic E-state index is 0.786. The fourth-order valence-corrected chi connectivity index (χ4v) is 2.28. The van der Waals surface area contributed by atoms with Gasteiger partial charge in [-0.25, -0.2) is 0 Å². The predicted octanol–water partition coefficient (Wildman–Crippen LogP) is 2.88. The molecule has 0 aliphatic heterocycles. The number of rotatable bonds is 9. The van der Waals surface area contributed by atoms with Crippen molar-refractivity contribution in [3.05, 3.63) is 29.7 Å². The molecule has 0 atom stereocenters. The van der Waals surface area contributed by atoms with Crippen molar-refractivity contribution in [1.82, 2.24) is 15.5 Å². The third-order valence-electron chi connectivity index (χ3n) is 3.71. The van der Waals surface area contributed by atoms with Crippen molar-refractivity contribution in [2.45, 2.75) is 32.7 Å². The lowest BCUT2D eigenvalue weighted by molar-refractivity contribution is 0.122. The molecule has 0 spiro atoms. The fraction of sp³-hybridized carbons (Fsp3) is 0.562. The maximum absolute atomic E-state index is 5.64. The minimum absolute atomic E-state index is 0.786. The lowest BCUT2D eigenvalue weighted by atomic mass is 10.2. The zero-order chi connectivity index (χ0) is 14.5. The Bertz CT molecular complexity index is 557. The van der Waals surface area contributed by atoms with Crippen molar-refractivity contribution in [2.75, 3.05) is 19.8 Å². The normalized spacial score (nSPS) is 14.7. The van der Waals surface area contributed by atoms with Crippen molar-refractivity contribution < 1.29 is 9.15 Å². The first-order valence-corrected chi connectivity index (χ1v) is 7.70. The molecule has 5 nitrogen and oxygen atoms in total. The van der Waals surface area contributed by atoms with Gasteiger partial charge in [-0.15, -0.1) is 0 Å². The third-order valence-corrected chi connectivity index (χ3v) is 3.71. The maximum Gasteiger partial charge on any atom is 0.152 e. The second-order valence-electron chi connectivity index (χ2n) is 5.73. The van der Waals surface area contributed by atoms with Gasteiger partial charge in [0.15, 0.2) is 5.76 Å². The van der Waals surface area contributed by atoms with E-state index >= 15 is 0 Å². The van der Waals surface area contributed by atoms with E-state index in [1.54, 1.807) is 0 Å². The molecule has 21 heavy (non-hydrogen) atoms. The van der Waals surface area contributed by atoms with Crippen LogP contribution in [0.1, 0.15) is 30.6 Å². The molecule has 114 valence electrons. The molecule has 2 heterocycles. The highest BCUT2D eigenvalue weighted by molar-refractivity contribution is 5.56. The number of hydrogen-bond donors (Lipinski definition) is 2. The molecule has 3 rings (SSSR count). The predicted molar refractivity (Wildman–Crippen MR) is 80.9 cm³/mol. The Morgan fingerprint density at radius 1 is 1.43 bits per heavy atom. The van der Waals surface area contributed by atoms with Crippen LogP contribution in [0.15, 0.2) is 22.7 Å². The van der Waals surface area contributed by atoms with Gasteiger partial charge < -0.3 is 14.5 Å². The van der Waals surface area contributed by atoms with E-state index in [2.05, 4.69) is 15.5 Å². The summed E-state index contributed by atoms with van der Waals surface area (Å²) in [4.78, 5) is 0. The van der Waals surface area contributed by atoms with Crippen LogP contribution in [-0.4, -0.2) is 30.0 Å². The van der Waals surface area contributed by atoms with Gasteiger partial charge in [0.25, 0.3) is 0 Å². The lowest BCUT2D eigenvalue weighted by Crippen LogP contribution is -2.16. The van der Waals surface area contributed by atoms with E-state index in [0.717, 1.165) is 61.4 Å². The largest absolute Gasteiger partial charge is 0.460 e. The molecule has 2 N–H and O–H groups in total. The summed E-state index contributed by atoms with van der Waals surface area (Å²) in [6.07, 6.45) is 5.60. The summed E-state index contributed by atoms with van der Waals surface area (Å²) in [6, 6.07) is 3.93. The van der Waals surface area contributed by atoms with Crippen LogP contribution in [-0.2, 0) is 11.3 Å². The molecule has 0 aromatic carbocycles. The summed E-state index contributed by atoms with van der Waals surface area (Å²) < 4.78 is 11.3. The maximum atomic E-state index is 5.64. The number of nitrogens with zero attached hydrogens (tertiary/aromatic N) is 1. The molecule has 0 radical (unpaired) electrons. The van der Waals surface area contributed by atoms with Gasteiger partial charge in [0.1, 0.15) is 11.5 Å². The Hall–Kier alpha value is -1.59. The van der Waals surface area contributed by atoms with E-state index in [1.165, 1.54) is 12.8 Å². The Kier molecular flexibility index (Phi) is 4.72. The highest BCUT2D eigenvalue weighted by Crippen LogP contribution is 2.28. The number of ether oxygens (including phenoxy) is 1. The number of nitrogens with one attached hydrogen (secondary N) is 2. The van der Waals surface area contributed by atoms with Crippen molar-refractivity contribution in [2.24, 2.45) is 5.92 Å². The van der Waals surface area contributed by atoms with E-state index in [0.29, 0.717) is 0 Å². The van der Waals surface area contributed by atoms with Gasteiger partial charge in [-0.3, -0.25) is 5.10 Å². The van der Waals surface area contributed by atoms with Gasteiger partial charge in [-0.2, -0.15) is 5.10 Å². The Morgan fingerprint density at radius 2 is 2.33 bits per heavy atom. The van der Waals surface area contributed by atoms with E-state index in [-0.39, 0.29) is 0 Å². The molecule has 5 heteroatoms. The van der Waals surface area contributed by atoms with Crippen LogP contribution >= 0.6 is 0 Å². The lowest BCUT2D eigenvalue weighted by Gasteiger charge is -2.05. The van der Waals surface area contributed by atoms with Gasteiger partial charge in [0.05, 0.1) is 6.20 Å². The molecule has 0 amide bonds. The van der Waals surface area contributed by atoms with Crippen LogP contribution in [0.2, 0.25) is 0 Å². The van der Waals surface area contributed by atoms with Crippen LogP contribution < -0.4 is 5.32 Å². The SMILES string of the molecule is Cc1ccc(-c2[nH]ncc2CNCCCOCC2CC2)o1. The molecule has 0 unspecified atom stereocenters. The summed E-state index contributed by atoms with van der Waals surface area (Å²) in [7, 11) is 0. The van der Waals surface area contributed by atoms with Gasteiger partial charge in [-0.1, -0.05) is 0 Å². The zero-order valence-corrected chi connectivity index (χ0v) is 12.5.